The molecule has 0 aliphatic rings. The van der Waals surface area contributed by atoms with Crippen LogP contribution in [0.15, 0.2) is 12.2 Å². The van der Waals surface area contributed by atoms with Gasteiger partial charge < -0.3 is 10.1 Å². The Morgan fingerprint density at radius 2 is 2.07 bits per heavy atom. The van der Waals surface area contributed by atoms with Gasteiger partial charge in [0, 0.05) is 12.6 Å². The molecule has 0 saturated carbocycles. The maximum atomic E-state index is 11.7. The van der Waals surface area contributed by atoms with Crippen LogP contribution in [0.3, 0.4) is 0 Å². The zero-order valence-electron chi connectivity index (χ0n) is 8.45. The molecule has 1 atom stereocenters. The fourth-order valence-electron chi connectivity index (χ4n) is 1.03. The van der Waals surface area contributed by atoms with Crippen LogP contribution in [0.25, 0.3) is 0 Å². The molecule has 0 aliphatic heterocycles. The number of ether oxygens (including phenoxy) is 1. The summed E-state index contributed by atoms with van der Waals surface area (Å²) >= 11 is 0. The molecule has 0 bridgehead atoms. The molecule has 0 aromatic heterocycles. The molecule has 5 heteroatoms. The third-order valence-corrected chi connectivity index (χ3v) is 1.76. The van der Waals surface area contributed by atoms with Crippen molar-refractivity contribution in [2.24, 2.45) is 0 Å². The van der Waals surface area contributed by atoms with Crippen LogP contribution in [-0.2, 0) is 4.74 Å². The summed E-state index contributed by atoms with van der Waals surface area (Å²) in [5, 5.41) is 2.94. The van der Waals surface area contributed by atoms with Crippen molar-refractivity contribution in [3.8, 4) is 0 Å². The lowest BCUT2D eigenvalue weighted by Gasteiger charge is -2.16. The first kappa shape index (κ1) is 13.4. The third-order valence-electron chi connectivity index (χ3n) is 1.76. The average molecular weight is 211 g/mol. The van der Waals surface area contributed by atoms with Gasteiger partial charge in [-0.05, 0) is 20.4 Å². The highest BCUT2D eigenvalue weighted by Crippen LogP contribution is 2.14. The Kier molecular flexibility index (Phi) is 5.79. The summed E-state index contributed by atoms with van der Waals surface area (Å²) in [4.78, 5) is 0. The summed E-state index contributed by atoms with van der Waals surface area (Å²) in [6, 6.07) is 0.0169. The van der Waals surface area contributed by atoms with Crippen LogP contribution in [0.1, 0.15) is 13.3 Å². The maximum Gasteiger partial charge on any atom is 0.411 e. The molecule has 0 heterocycles. The van der Waals surface area contributed by atoms with Crippen LogP contribution in [0.4, 0.5) is 13.2 Å². The van der Waals surface area contributed by atoms with Crippen molar-refractivity contribution < 1.29 is 17.9 Å². The highest BCUT2D eigenvalue weighted by molar-refractivity contribution is 5.00. The fourth-order valence-corrected chi connectivity index (χ4v) is 1.03. The molecular formula is C9H16F3NO. The van der Waals surface area contributed by atoms with Crippen molar-refractivity contribution in [2.45, 2.75) is 25.6 Å². The summed E-state index contributed by atoms with van der Waals surface area (Å²) in [5.41, 5.74) is 0.892. The first-order valence-corrected chi connectivity index (χ1v) is 4.34. The van der Waals surface area contributed by atoms with Gasteiger partial charge in [-0.3, -0.25) is 0 Å². The van der Waals surface area contributed by atoms with Crippen molar-refractivity contribution in [3.63, 3.8) is 0 Å². The minimum atomic E-state index is -4.24. The number of likely N-dealkylation sites (N-methyl/N-ethyl adjacent to an activating group) is 1. The maximum absolute atomic E-state index is 11.7. The Bertz CT molecular complexity index is 179. The van der Waals surface area contributed by atoms with E-state index in [1.807, 2.05) is 6.92 Å². The third kappa shape index (κ3) is 6.91. The number of rotatable bonds is 6. The Hall–Kier alpha value is -0.550. The van der Waals surface area contributed by atoms with Gasteiger partial charge in [0.2, 0.25) is 0 Å². The minimum Gasteiger partial charge on any atom is -0.372 e. The Balaban J connectivity index is 3.58. The predicted molar refractivity (Wildman–Crippen MR) is 49.2 cm³/mol. The van der Waals surface area contributed by atoms with Crippen LogP contribution in [0.5, 0.6) is 0 Å². The van der Waals surface area contributed by atoms with Crippen molar-refractivity contribution in [1.29, 1.82) is 0 Å². The van der Waals surface area contributed by atoms with Crippen LogP contribution in [0, 0.1) is 0 Å². The first-order valence-electron chi connectivity index (χ1n) is 4.34. The quantitative estimate of drug-likeness (QED) is 0.536. The normalized spacial score (nSPS) is 14.1. The van der Waals surface area contributed by atoms with E-state index in [2.05, 4.69) is 16.6 Å². The lowest BCUT2D eigenvalue weighted by Crippen LogP contribution is -2.28. The lowest BCUT2D eigenvalue weighted by atomic mass is 10.1. The van der Waals surface area contributed by atoms with Gasteiger partial charge in [-0.2, -0.15) is 13.2 Å². The van der Waals surface area contributed by atoms with Gasteiger partial charge >= 0.3 is 6.18 Å². The molecule has 0 amide bonds. The van der Waals surface area contributed by atoms with E-state index in [9.17, 15) is 13.2 Å². The second kappa shape index (κ2) is 6.03. The van der Waals surface area contributed by atoms with Gasteiger partial charge in [-0.1, -0.05) is 12.2 Å². The largest absolute Gasteiger partial charge is 0.411 e. The van der Waals surface area contributed by atoms with Crippen molar-refractivity contribution >= 4 is 0 Å². The molecule has 84 valence electrons. The summed E-state index contributed by atoms with van der Waals surface area (Å²) < 4.78 is 39.5. The standard InChI is InChI=1S/C9H16F3NO/c1-7(2)8(13-3)4-5-14-6-9(10,11)12/h8,13H,1,4-6H2,2-3H3. The van der Waals surface area contributed by atoms with Gasteiger partial charge in [0.1, 0.15) is 6.61 Å². The fraction of sp³-hybridized carbons (Fsp3) is 0.778. The molecule has 0 aromatic rings. The van der Waals surface area contributed by atoms with E-state index >= 15 is 0 Å². The molecular weight excluding hydrogens is 195 g/mol. The topological polar surface area (TPSA) is 21.3 Å². The van der Waals surface area contributed by atoms with Gasteiger partial charge in [0.25, 0.3) is 0 Å². The molecule has 2 nitrogen and oxygen atoms in total. The second-order valence-electron chi connectivity index (χ2n) is 3.14. The van der Waals surface area contributed by atoms with Gasteiger partial charge in [0.15, 0.2) is 0 Å². The van der Waals surface area contributed by atoms with E-state index in [1.54, 1.807) is 7.05 Å². The van der Waals surface area contributed by atoms with Crippen molar-refractivity contribution in [3.05, 3.63) is 12.2 Å². The van der Waals surface area contributed by atoms with Crippen LogP contribution in [-0.4, -0.2) is 32.5 Å². The number of alkyl halides is 3. The molecule has 0 spiro atoms. The van der Waals surface area contributed by atoms with Crippen LogP contribution >= 0.6 is 0 Å². The number of nitrogens with one attached hydrogen (secondary N) is 1. The molecule has 0 rings (SSSR count). The summed E-state index contributed by atoms with van der Waals surface area (Å²) in [6.45, 7) is 4.44. The number of halogens is 3. The first-order chi connectivity index (χ1) is 6.37. The van der Waals surface area contributed by atoms with E-state index < -0.39 is 12.8 Å². The summed E-state index contributed by atoms with van der Waals surface area (Å²) in [7, 11) is 1.74. The van der Waals surface area contributed by atoms with E-state index in [0.29, 0.717) is 6.42 Å². The highest BCUT2D eigenvalue weighted by Gasteiger charge is 2.27. The number of hydrogen-bond donors (Lipinski definition) is 1. The molecule has 0 fully saturated rings. The molecule has 1 unspecified atom stereocenters. The average Bonchev–Trinajstić information content (AvgIpc) is 2.01. The van der Waals surface area contributed by atoms with Crippen molar-refractivity contribution in [1.82, 2.24) is 5.32 Å². The van der Waals surface area contributed by atoms with Gasteiger partial charge in [-0.15, -0.1) is 0 Å². The van der Waals surface area contributed by atoms with Crippen LogP contribution in [0.2, 0.25) is 0 Å². The van der Waals surface area contributed by atoms with Crippen LogP contribution < -0.4 is 5.32 Å². The monoisotopic (exact) mass is 211 g/mol. The SMILES string of the molecule is C=C(C)C(CCOCC(F)(F)F)NC. The van der Waals surface area contributed by atoms with Gasteiger partial charge in [-0.25, -0.2) is 0 Å². The zero-order valence-corrected chi connectivity index (χ0v) is 8.45. The molecule has 14 heavy (non-hydrogen) atoms. The summed E-state index contributed by atoms with van der Waals surface area (Å²) in [5.74, 6) is 0. The zero-order chi connectivity index (χ0) is 11.2. The Labute approximate surface area is 82.1 Å². The Morgan fingerprint density at radius 3 is 2.43 bits per heavy atom. The van der Waals surface area contributed by atoms with E-state index in [1.165, 1.54) is 0 Å². The second-order valence-corrected chi connectivity index (χ2v) is 3.14. The van der Waals surface area contributed by atoms with Gasteiger partial charge in [0.05, 0.1) is 0 Å². The highest BCUT2D eigenvalue weighted by atomic mass is 19.4. The van der Waals surface area contributed by atoms with E-state index in [0.717, 1.165) is 5.57 Å². The molecule has 1 N–H and O–H groups in total. The van der Waals surface area contributed by atoms with E-state index in [-0.39, 0.29) is 12.6 Å². The van der Waals surface area contributed by atoms with E-state index in [4.69, 9.17) is 0 Å². The predicted octanol–water partition coefficient (Wildman–Crippen LogP) is 2.12. The Morgan fingerprint density at radius 1 is 1.50 bits per heavy atom. The molecule has 0 aromatic carbocycles. The molecule has 0 aliphatic carbocycles. The lowest BCUT2D eigenvalue weighted by molar-refractivity contribution is -0.174. The molecule has 0 saturated heterocycles. The van der Waals surface area contributed by atoms with Crippen molar-refractivity contribution in [2.75, 3.05) is 20.3 Å². The smallest absolute Gasteiger partial charge is 0.372 e. The number of hydrogen-bond acceptors (Lipinski definition) is 2. The minimum absolute atomic E-state index is 0.0169. The summed E-state index contributed by atoms with van der Waals surface area (Å²) in [6.07, 6.45) is -3.74. The molecule has 0 radical (unpaired) electrons.